The van der Waals surface area contributed by atoms with Gasteiger partial charge < -0.3 is 9.47 Å². The second-order valence-corrected chi connectivity index (χ2v) is 9.50. The number of aromatic nitrogens is 3. The molecule has 1 aromatic carbocycles. The van der Waals surface area contributed by atoms with Crippen molar-refractivity contribution in [3.63, 3.8) is 0 Å². The van der Waals surface area contributed by atoms with Crippen molar-refractivity contribution in [1.82, 2.24) is 19.9 Å². The van der Waals surface area contributed by atoms with Gasteiger partial charge in [-0.3, -0.25) is 9.88 Å². The van der Waals surface area contributed by atoms with E-state index in [0.29, 0.717) is 5.22 Å². The second kappa shape index (κ2) is 9.51. The number of fused-ring (bicyclic) bond motifs is 2. The van der Waals surface area contributed by atoms with Crippen molar-refractivity contribution in [3.8, 4) is 11.9 Å². The molecule has 0 radical (unpaired) electrons. The maximum absolute atomic E-state index is 15.8. The van der Waals surface area contributed by atoms with Gasteiger partial charge in [0.15, 0.2) is 12.4 Å². The van der Waals surface area contributed by atoms with Crippen molar-refractivity contribution in [2.45, 2.75) is 44.3 Å². The lowest BCUT2D eigenvalue weighted by atomic mass is 9.95. The molecule has 2 aliphatic heterocycles. The summed E-state index contributed by atoms with van der Waals surface area (Å²) in [7, 11) is 0. The third-order valence-corrected chi connectivity index (χ3v) is 7.11. The van der Waals surface area contributed by atoms with Crippen LogP contribution in [0.5, 0.6) is 11.9 Å². The Morgan fingerprint density at radius 1 is 1.11 bits per heavy atom. The maximum atomic E-state index is 15.8. The predicted molar refractivity (Wildman–Crippen MR) is 126 cm³/mol. The van der Waals surface area contributed by atoms with Crippen LogP contribution in [-0.4, -0.2) is 57.9 Å². The molecule has 3 aromatic rings. The highest BCUT2D eigenvalue weighted by Gasteiger charge is 2.45. The maximum Gasteiger partial charge on any atom is 0.422 e. The topological polar surface area (TPSA) is 60.4 Å². The smallest absolute Gasteiger partial charge is 0.422 e. The summed E-state index contributed by atoms with van der Waals surface area (Å²) < 4.78 is 79.9. The standard InChI is InChI=1S/C26H25F5N4O2/c1-15-6-3-7-18(27)19(15)16(2)21-20(28)22-17(12-32-21)23(36-14-26(29,30)31)34-24(33-22)37-13-25-8-4-10-35(25)11-5-9-25/h3,6-7,12H,1,4-5,8-11,13-14H2,2H3/b19-16-. The van der Waals surface area contributed by atoms with E-state index in [1.807, 2.05) is 0 Å². The first kappa shape index (κ1) is 25.3. The zero-order valence-electron chi connectivity index (χ0n) is 20.2. The van der Waals surface area contributed by atoms with E-state index in [1.54, 1.807) is 6.07 Å². The van der Waals surface area contributed by atoms with Gasteiger partial charge in [0.1, 0.15) is 23.6 Å². The largest absolute Gasteiger partial charge is 0.467 e. The zero-order valence-corrected chi connectivity index (χ0v) is 20.2. The van der Waals surface area contributed by atoms with Gasteiger partial charge in [-0.05, 0) is 62.6 Å². The Morgan fingerprint density at radius 3 is 2.51 bits per heavy atom. The molecule has 196 valence electrons. The van der Waals surface area contributed by atoms with Crippen LogP contribution in [0.4, 0.5) is 22.0 Å². The van der Waals surface area contributed by atoms with Crippen LogP contribution in [0, 0.1) is 11.6 Å². The van der Waals surface area contributed by atoms with Crippen molar-refractivity contribution in [3.05, 3.63) is 52.2 Å². The van der Waals surface area contributed by atoms with Crippen LogP contribution >= 0.6 is 0 Å². The average molecular weight is 521 g/mol. The molecule has 2 aliphatic rings. The minimum atomic E-state index is -4.64. The molecule has 0 N–H and O–H groups in total. The third-order valence-electron chi connectivity index (χ3n) is 7.11. The van der Waals surface area contributed by atoms with Crippen LogP contribution in [0.1, 0.15) is 38.3 Å². The normalized spacial score (nSPS) is 18.2. The van der Waals surface area contributed by atoms with E-state index in [4.69, 9.17) is 9.47 Å². The van der Waals surface area contributed by atoms with Gasteiger partial charge in [0.05, 0.1) is 10.9 Å². The highest BCUT2D eigenvalue weighted by atomic mass is 19.4. The molecular formula is C26H25F5N4O2. The number of hydrogen-bond donors (Lipinski definition) is 0. The lowest BCUT2D eigenvalue weighted by Gasteiger charge is -2.31. The Hall–Kier alpha value is -3.34. The summed E-state index contributed by atoms with van der Waals surface area (Å²) in [6, 6.07) is 3.98. The van der Waals surface area contributed by atoms with Crippen LogP contribution in [0.25, 0.3) is 23.1 Å². The number of hydrogen-bond acceptors (Lipinski definition) is 6. The van der Waals surface area contributed by atoms with E-state index in [2.05, 4.69) is 26.4 Å². The Balaban J connectivity index is 1.60. The molecule has 2 aromatic heterocycles. The molecule has 2 fully saturated rings. The van der Waals surface area contributed by atoms with Crippen LogP contribution in [-0.2, 0) is 0 Å². The Bertz CT molecular complexity index is 1450. The SMILES string of the molecule is C=c1cccc(F)/c1=C(/C)c1ncc2c(OCC(F)(F)F)nc(OCC34CCCN3CCC4)nc2c1F. The summed E-state index contributed by atoms with van der Waals surface area (Å²) in [5, 5.41) is 0.251. The molecule has 0 aliphatic carbocycles. The van der Waals surface area contributed by atoms with Crippen LogP contribution in [0.3, 0.4) is 0 Å². The third kappa shape index (κ3) is 4.84. The molecule has 0 saturated carbocycles. The van der Waals surface area contributed by atoms with E-state index < -0.39 is 30.3 Å². The van der Waals surface area contributed by atoms with Crippen molar-refractivity contribution in [1.29, 1.82) is 0 Å². The summed E-state index contributed by atoms with van der Waals surface area (Å²) in [6.07, 6.45) is 0.354. The fourth-order valence-electron chi connectivity index (χ4n) is 5.36. The zero-order chi connectivity index (χ0) is 26.4. The van der Waals surface area contributed by atoms with E-state index in [-0.39, 0.29) is 45.5 Å². The molecule has 0 amide bonds. The molecule has 5 rings (SSSR count). The van der Waals surface area contributed by atoms with Gasteiger partial charge in [0.2, 0.25) is 5.88 Å². The Morgan fingerprint density at radius 2 is 1.84 bits per heavy atom. The van der Waals surface area contributed by atoms with Crippen LogP contribution in [0.2, 0.25) is 0 Å². The lowest BCUT2D eigenvalue weighted by Crippen LogP contribution is -2.43. The summed E-state index contributed by atoms with van der Waals surface area (Å²) in [5.74, 6) is -2.06. The number of pyridine rings is 1. The molecule has 0 spiro atoms. The molecule has 37 heavy (non-hydrogen) atoms. The van der Waals surface area contributed by atoms with E-state index >= 15 is 4.39 Å². The predicted octanol–water partition coefficient (Wildman–Crippen LogP) is 3.88. The first-order valence-electron chi connectivity index (χ1n) is 12.0. The molecule has 4 heterocycles. The molecule has 6 nitrogen and oxygen atoms in total. The van der Waals surface area contributed by atoms with Crippen molar-refractivity contribution in [2.75, 3.05) is 26.3 Å². The highest BCUT2D eigenvalue weighted by Crippen LogP contribution is 2.39. The number of nitrogens with zero attached hydrogens (tertiary/aromatic N) is 4. The number of alkyl halides is 3. The van der Waals surface area contributed by atoms with E-state index in [9.17, 15) is 17.6 Å². The molecular weight excluding hydrogens is 495 g/mol. The summed E-state index contributed by atoms with van der Waals surface area (Å²) in [5.41, 5.74) is -0.578. The van der Waals surface area contributed by atoms with Gasteiger partial charge in [-0.1, -0.05) is 18.7 Å². The first-order valence-corrected chi connectivity index (χ1v) is 12.0. The molecule has 0 atom stereocenters. The molecule has 11 heteroatoms. The number of ether oxygens (including phenoxy) is 2. The van der Waals surface area contributed by atoms with Crippen molar-refractivity contribution < 1.29 is 31.4 Å². The van der Waals surface area contributed by atoms with Gasteiger partial charge in [-0.15, -0.1) is 0 Å². The quantitative estimate of drug-likeness (QED) is 0.460. The Labute approximate surface area is 209 Å². The van der Waals surface area contributed by atoms with Gasteiger partial charge in [0, 0.05) is 11.4 Å². The molecule has 2 saturated heterocycles. The highest BCUT2D eigenvalue weighted by molar-refractivity contribution is 5.86. The van der Waals surface area contributed by atoms with Crippen molar-refractivity contribution in [2.24, 2.45) is 0 Å². The van der Waals surface area contributed by atoms with Crippen LogP contribution < -0.4 is 19.9 Å². The lowest BCUT2D eigenvalue weighted by molar-refractivity contribution is -0.153. The number of rotatable bonds is 6. The van der Waals surface area contributed by atoms with E-state index in [1.165, 1.54) is 19.1 Å². The molecule has 0 unspecified atom stereocenters. The second-order valence-electron chi connectivity index (χ2n) is 9.50. The minimum Gasteiger partial charge on any atom is -0.467 e. The molecule has 0 bridgehead atoms. The summed E-state index contributed by atoms with van der Waals surface area (Å²) in [6.45, 7) is 5.77. The monoisotopic (exact) mass is 520 g/mol. The fraction of sp³-hybridized carbons (Fsp3) is 0.423. The Kier molecular flexibility index (Phi) is 6.51. The minimum absolute atomic E-state index is 0.0778. The van der Waals surface area contributed by atoms with Gasteiger partial charge in [-0.25, -0.2) is 8.78 Å². The number of halogens is 5. The van der Waals surface area contributed by atoms with Crippen molar-refractivity contribution >= 4 is 23.1 Å². The van der Waals surface area contributed by atoms with Gasteiger partial charge >= 0.3 is 12.2 Å². The van der Waals surface area contributed by atoms with Gasteiger partial charge in [0.25, 0.3) is 0 Å². The fourth-order valence-corrected chi connectivity index (χ4v) is 5.36. The number of benzene rings is 1. The van der Waals surface area contributed by atoms with Crippen LogP contribution in [0.15, 0.2) is 24.4 Å². The average Bonchev–Trinajstić information content (AvgIpc) is 3.41. The van der Waals surface area contributed by atoms with Gasteiger partial charge in [-0.2, -0.15) is 23.1 Å². The first-order chi connectivity index (χ1) is 17.6. The summed E-state index contributed by atoms with van der Waals surface area (Å²) >= 11 is 0. The summed E-state index contributed by atoms with van der Waals surface area (Å²) in [4.78, 5) is 14.6. The van der Waals surface area contributed by atoms with E-state index in [0.717, 1.165) is 45.0 Å².